The van der Waals surface area contributed by atoms with Gasteiger partial charge in [0.2, 0.25) is 5.89 Å². The maximum Gasteiger partial charge on any atom is 0.281 e. The van der Waals surface area contributed by atoms with E-state index in [0.29, 0.717) is 22.3 Å². The van der Waals surface area contributed by atoms with Crippen LogP contribution in [-0.4, -0.2) is 16.2 Å². The lowest BCUT2D eigenvalue weighted by Crippen LogP contribution is -2.23. The molecule has 0 bridgehead atoms. The molecule has 0 spiro atoms. The molecule has 0 saturated carbocycles. The highest BCUT2D eigenvalue weighted by atomic mass is 35.5. The van der Waals surface area contributed by atoms with Gasteiger partial charge in [-0.05, 0) is 47.7 Å². The number of nitrogens with zero attached hydrogens (tertiary/aromatic N) is 2. The van der Waals surface area contributed by atoms with Gasteiger partial charge in [-0.2, -0.15) is 0 Å². The van der Waals surface area contributed by atoms with Crippen LogP contribution >= 0.6 is 23.4 Å². The molecule has 1 aromatic heterocycles. The van der Waals surface area contributed by atoms with Crippen LogP contribution in [-0.2, 0) is 4.79 Å². The second-order valence-corrected chi connectivity index (χ2v) is 6.33. The molecule has 3 rings (SSSR count). The number of hydrogen-bond acceptors (Lipinski definition) is 6. The number of carbonyl (C=O) groups excluding carboxylic acids is 1. The first-order valence-electron chi connectivity index (χ1n) is 7.08. The van der Waals surface area contributed by atoms with Crippen molar-refractivity contribution in [1.82, 2.24) is 10.2 Å². The van der Waals surface area contributed by atoms with Crippen molar-refractivity contribution in [2.45, 2.75) is 5.22 Å². The Morgan fingerprint density at radius 2 is 1.92 bits per heavy atom. The zero-order chi connectivity index (χ0) is 18.7. The third-order valence-corrected chi connectivity index (χ3v) is 4.32. The summed E-state index contributed by atoms with van der Waals surface area (Å²) in [6.07, 6.45) is 1.11. The number of benzene rings is 2. The van der Waals surface area contributed by atoms with Crippen LogP contribution in [0.1, 0.15) is 5.56 Å². The van der Waals surface area contributed by atoms with Gasteiger partial charge in [-0.1, -0.05) is 29.8 Å². The topological polar surface area (TPSA) is 79.0 Å². The molecule has 0 saturated heterocycles. The average molecular weight is 394 g/mol. The van der Waals surface area contributed by atoms with Gasteiger partial charge in [-0.15, -0.1) is 10.2 Å². The van der Waals surface area contributed by atoms with Crippen molar-refractivity contribution in [1.29, 1.82) is 0 Å². The number of halogens is 3. The lowest BCUT2D eigenvalue weighted by molar-refractivity contribution is -0.298. The maximum absolute atomic E-state index is 13.3. The predicted molar refractivity (Wildman–Crippen MR) is 89.9 cm³/mol. The lowest BCUT2D eigenvalue weighted by atomic mass is 10.2. The van der Waals surface area contributed by atoms with Gasteiger partial charge in [0, 0.05) is 4.91 Å². The monoisotopic (exact) mass is 393 g/mol. The summed E-state index contributed by atoms with van der Waals surface area (Å²) in [6.45, 7) is 0. The van der Waals surface area contributed by atoms with Crippen LogP contribution in [0.2, 0.25) is 5.02 Å². The van der Waals surface area contributed by atoms with Crippen LogP contribution in [0.3, 0.4) is 0 Å². The molecule has 0 radical (unpaired) electrons. The number of thioether (sulfide) groups is 1. The van der Waals surface area contributed by atoms with Crippen molar-refractivity contribution >= 4 is 35.4 Å². The lowest BCUT2D eigenvalue weighted by Gasteiger charge is -2.05. The van der Waals surface area contributed by atoms with Crippen LogP contribution < -0.4 is 5.11 Å². The third kappa shape index (κ3) is 4.09. The summed E-state index contributed by atoms with van der Waals surface area (Å²) < 4.78 is 31.6. The summed E-state index contributed by atoms with van der Waals surface area (Å²) in [7, 11) is 0. The van der Waals surface area contributed by atoms with Gasteiger partial charge < -0.3 is 14.3 Å². The van der Waals surface area contributed by atoms with Crippen molar-refractivity contribution in [2.75, 3.05) is 0 Å². The van der Waals surface area contributed by atoms with Gasteiger partial charge in [0.05, 0.1) is 16.6 Å². The Morgan fingerprint density at radius 3 is 2.62 bits per heavy atom. The largest absolute Gasteiger partial charge is 0.544 e. The minimum atomic E-state index is -1.53. The fourth-order valence-electron chi connectivity index (χ4n) is 1.97. The summed E-state index contributed by atoms with van der Waals surface area (Å²) in [6, 6.07) is 9.75. The Kier molecular flexibility index (Phi) is 5.34. The van der Waals surface area contributed by atoms with Crippen molar-refractivity contribution in [2.24, 2.45) is 0 Å². The normalized spacial score (nSPS) is 11.6. The Morgan fingerprint density at radius 1 is 1.15 bits per heavy atom. The van der Waals surface area contributed by atoms with Gasteiger partial charge >= 0.3 is 0 Å². The third-order valence-electron chi connectivity index (χ3n) is 3.15. The molecule has 9 heteroatoms. The molecule has 0 aliphatic carbocycles. The molecule has 0 fully saturated rings. The molecular weight excluding hydrogens is 386 g/mol. The van der Waals surface area contributed by atoms with E-state index in [9.17, 15) is 18.7 Å². The van der Waals surface area contributed by atoms with Crippen LogP contribution in [0, 0.1) is 11.6 Å². The van der Waals surface area contributed by atoms with Gasteiger partial charge in [0.15, 0.2) is 11.6 Å². The van der Waals surface area contributed by atoms with E-state index in [1.807, 2.05) is 0 Å². The molecule has 132 valence electrons. The summed E-state index contributed by atoms with van der Waals surface area (Å²) in [5.41, 5.74) is 0.634. The number of carboxylic acid groups (broad SMARTS) is 1. The standard InChI is InChI=1S/C17H9ClF2N2O3S/c18-11-4-2-1-3-10(11)15-21-22-17(25-15)26-14(16(23)24)8-9-5-6-12(19)13(20)7-9/h1-8H,(H,23,24)/p-1/b14-8+. The number of carbonyl (C=O) groups is 1. The molecule has 1 heterocycles. The second kappa shape index (κ2) is 7.67. The SMILES string of the molecule is O=C([O-])/C(=C\c1ccc(F)c(F)c1)Sc1nnc(-c2ccccc2Cl)o1. The molecule has 2 aromatic carbocycles. The van der Waals surface area contributed by atoms with Crippen LogP contribution in [0.15, 0.2) is 57.0 Å². The Balaban J connectivity index is 1.87. The van der Waals surface area contributed by atoms with Crippen LogP contribution in [0.4, 0.5) is 8.78 Å². The molecule has 3 aromatic rings. The van der Waals surface area contributed by atoms with E-state index in [-0.39, 0.29) is 21.6 Å². The minimum absolute atomic E-state index is 0.0713. The Hall–Kier alpha value is -2.71. The van der Waals surface area contributed by atoms with E-state index in [1.165, 1.54) is 6.07 Å². The van der Waals surface area contributed by atoms with Crippen molar-refractivity contribution in [3.8, 4) is 11.5 Å². The number of hydrogen-bond donors (Lipinski definition) is 0. The molecule has 0 N–H and O–H groups in total. The van der Waals surface area contributed by atoms with Gasteiger partial charge in [0.1, 0.15) is 0 Å². The number of aliphatic carboxylic acids is 1. The van der Waals surface area contributed by atoms with Crippen molar-refractivity contribution < 1.29 is 23.1 Å². The van der Waals surface area contributed by atoms with E-state index in [0.717, 1.165) is 18.2 Å². The second-order valence-electron chi connectivity index (χ2n) is 4.92. The first kappa shape index (κ1) is 18.1. The number of rotatable bonds is 5. The fraction of sp³-hybridized carbons (Fsp3) is 0. The zero-order valence-corrected chi connectivity index (χ0v) is 14.4. The first-order chi connectivity index (χ1) is 12.4. The van der Waals surface area contributed by atoms with Crippen molar-refractivity contribution in [3.05, 3.63) is 69.6 Å². The Bertz CT molecular complexity index is 1010. The molecular formula is C17H8ClF2N2O3S-. The fourth-order valence-corrected chi connectivity index (χ4v) is 2.86. The molecule has 26 heavy (non-hydrogen) atoms. The highest BCUT2D eigenvalue weighted by Gasteiger charge is 2.14. The highest BCUT2D eigenvalue weighted by Crippen LogP contribution is 2.32. The quantitative estimate of drug-likeness (QED) is 0.487. The predicted octanol–water partition coefficient (Wildman–Crippen LogP) is 3.55. The summed E-state index contributed by atoms with van der Waals surface area (Å²) in [4.78, 5) is 11.0. The smallest absolute Gasteiger partial charge is 0.281 e. The van der Waals surface area contributed by atoms with Crippen LogP contribution in [0.25, 0.3) is 17.5 Å². The van der Waals surface area contributed by atoms with Crippen molar-refractivity contribution in [3.63, 3.8) is 0 Å². The maximum atomic E-state index is 13.3. The average Bonchev–Trinajstić information content (AvgIpc) is 3.06. The highest BCUT2D eigenvalue weighted by molar-refractivity contribution is 8.03. The summed E-state index contributed by atoms with van der Waals surface area (Å²) >= 11 is 6.67. The molecule has 0 amide bonds. The minimum Gasteiger partial charge on any atom is -0.544 e. The zero-order valence-electron chi connectivity index (χ0n) is 12.8. The number of aromatic nitrogens is 2. The molecule has 0 unspecified atom stereocenters. The molecule has 5 nitrogen and oxygen atoms in total. The molecule has 0 atom stereocenters. The van der Waals surface area contributed by atoms with Gasteiger partial charge in [-0.3, -0.25) is 0 Å². The molecule has 0 aliphatic rings. The van der Waals surface area contributed by atoms with E-state index in [1.54, 1.807) is 24.3 Å². The van der Waals surface area contributed by atoms with E-state index in [4.69, 9.17) is 16.0 Å². The van der Waals surface area contributed by atoms with Crippen LogP contribution in [0.5, 0.6) is 0 Å². The summed E-state index contributed by atoms with van der Waals surface area (Å²) in [5.74, 6) is -3.55. The van der Waals surface area contributed by atoms with E-state index in [2.05, 4.69) is 10.2 Å². The summed E-state index contributed by atoms with van der Waals surface area (Å²) in [5, 5.41) is 19.2. The first-order valence-corrected chi connectivity index (χ1v) is 8.28. The molecule has 0 aliphatic heterocycles. The Labute approximate surface area is 155 Å². The van der Waals surface area contributed by atoms with E-state index < -0.39 is 17.6 Å². The van der Waals surface area contributed by atoms with Gasteiger partial charge in [-0.25, -0.2) is 8.78 Å². The van der Waals surface area contributed by atoms with E-state index >= 15 is 0 Å². The number of carboxylic acids is 1. The van der Waals surface area contributed by atoms with Gasteiger partial charge in [0.25, 0.3) is 5.22 Å².